The highest BCUT2D eigenvalue weighted by Gasteiger charge is 2.44. The zero-order valence-electron chi connectivity index (χ0n) is 10.3. The molecular weight excluding hydrogens is 257 g/mol. The van der Waals surface area contributed by atoms with Gasteiger partial charge in [0, 0.05) is 25.2 Å². The molecule has 2 bridgehead atoms. The van der Waals surface area contributed by atoms with Crippen molar-refractivity contribution in [3.8, 4) is 0 Å². The molecule has 0 saturated carbocycles. The van der Waals surface area contributed by atoms with Crippen LogP contribution in [0.15, 0.2) is 18.7 Å². The van der Waals surface area contributed by atoms with Gasteiger partial charge in [-0.05, 0) is 12.8 Å². The molecule has 2 aliphatic heterocycles. The van der Waals surface area contributed by atoms with Crippen LogP contribution in [0.2, 0.25) is 0 Å². The predicted octanol–water partition coefficient (Wildman–Crippen LogP) is 1.69. The minimum absolute atomic E-state index is 0.0134. The molecule has 2 fully saturated rings. The van der Waals surface area contributed by atoms with Gasteiger partial charge in [-0.3, -0.25) is 4.90 Å². The summed E-state index contributed by atoms with van der Waals surface area (Å²) < 4.78 is 37.7. The van der Waals surface area contributed by atoms with Crippen LogP contribution < -0.4 is 4.90 Å². The molecule has 7 heteroatoms. The molecule has 19 heavy (non-hydrogen) atoms. The third-order valence-corrected chi connectivity index (χ3v) is 3.91. The molecule has 3 rings (SSSR count). The lowest BCUT2D eigenvalue weighted by atomic mass is 10.2. The van der Waals surface area contributed by atoms with E-state index < -0.39 is 12.7 Å². The van der Waals surface area contributed by atoms with Crippen molar-refractivity contribution in [2.45, 2.75) is 31.1 Å². The van der Waals surface area contributed by atoms with Crippen LogP contribution in [-0.2, 0) is 0 Å². The lowest BCUT2D eigenvalue weighted by Crippen LogP contribution is -2.56. The van der Waals surface area contributed by atoms with Gasteiger partial charge >= 0.3 is 6.18 Å². The second-order valence-electron chi connectivity index (χ2n) is 5.17. The minimum Gasteiger partial charge on any atom is -0.366 e. The average Bonchev–Trinajstić information content (AvgIpc) is 2.61. The molecular formula is C12H15F3N4. The summed E-state index contributed by atoms with van der Waals surface area (Å²) in [5, 5.41) is 0. The summed E-state index contributed by atoms with van der Waals surface area (Å²) in [6.07, 6.45) is 2.45. The van der Waals surface area contributed by atoms with Crippen molar-refractivity contribution in [3.63, 3.8) is 0 Å². The second-order valence-corrected chi connectivity index (χ2v) is 5.17. The quantitative estimate of drug-likeness (QED) is 0.820. The lowest BCUT2D eigenvalue weighted by molar-refractivity contribution is -0.153. The normalized spacial score (nSPS) is 27.8. The fourth-order valence-corrected chi connectivity index (χ4v) is 3.12. The molecule has 0 amide bonds. The van der Waals surface area contributed by atoms with Gasteiger partial charge in [0.25, 0.3) is 0 Å². The van der Waals surface area contributed by atoms with E-state index in [1.807, 2.05) is 0 Å². The molecule has 2 saturated heterocycles. The Kier molecular flexibility index (Phi) is 3.08. The van der Waals surface area contributed by atoms with Gasteiger partial charge in [-0.15, -0.1) is 0 Å². The van der Waals surface area contributed by atoms with E-state index in [2.05, 4.69) is 14.9 Å². The monoisotopic (exact) mass is 272 g/mol. The Morgan fingerprint density at radius 3 is 2.21 bits per heavy atom. The topological polar surface area (TPSA) is 32.3 Å². The summed E-state index contributed by atoms with van der Waals surface area (Å²) >= 11 is 0. The van der Waals surface area contributed by atoms with Gasteiger partial charge in [-0.1, -0.05) is 0 Å². The Balaban J connectivity index is 1.72. The Labute approximate surface area is 109 Å². The molecule has 0 radical (unpaired) electrons. The standard InChI is InChI=1S/C12H15F3N4/c13-12(14,15)7-19-9-1-2-10(19)6-18(5-9)11-3-16-8-17-4-11/h3-4,8-10H,1-2,5-7H2. The van der Waals surface area contributed by atoms with Gasteiger partial charge in [-0.25, -0.2) is 9.97 Å². The molecule has 2 aliphatic rings. The molecule has 2 unspecified atom stereocenters. The molecule has 3 heterocycles. The van der Waals surface area contributed by atoms with Crippen LogP contribution in [0.25, 0.3) is 0 Å². The van der Waals surface area contributed by atoms with E-state index in [0.29, 0.717) is 13.1 Å². The maximum Gasteiger partial charge on any atom is 0.401 e. The van der Waals surface area contributed by atoms with Crippen LogP contribution in [0.3, 0.4) is 0 Å². The largest absolute Gasteiger partial charge is 0.401 e. The third kappa shape index (κ3) is 2.65. The lowest BCUT2D eigenvalue weighted by Gasteiger charge is -2.42. The highest BCUT2D eigenvalue weighted by molar-refractivity contribution is 5.43. The van der Waals surface area contributed by atoms with Gasteiger partial charge in [0.1, 0.15) is 6.33 Å². The summed E-state index contributed by atoms with van der Waals surface area (Å²) in [6.45, 7) is 0.460. The molecule has 0 aliphatic carbocycles. The predicted molar refractivity (Wildman–Crippen MR) is 63.8 cm³/mol. The Morgan fingerprint density at radius 1 is 1.11 bits per heavy atom. The van der Waals surface area contributed by atoms with Crippen LogP contribution in [0.1, 0.15) is 12.8 Å². The number of nitrogens with zero attached hydrogens (tertiary/aromatic N) is 4. The highest BCUT2D eigenvalue weighted by Crippen LogP contribution is 2.34. The molecule has 1 aromatic rings. The summed E-state index contributed by atoms with van der Waals surface area (Å²) in [7, 11) is 0. The molecule has 0 N–H and O–H groups in total. The maximum absolute atomic E-state index is 12.6. The first-order chi connectivity index (χ1) is 9.03. The second kappa shape index (κ2) is 4.63. The van der Waals surface area contributed by atoms with E-state index in [1.54, 1.807) is 17.3 Å². The minimum atomic E-state index is -4.11. The first-order valence-electron chi connectivity index (χ1n) is 6.35. The maximum atomic E-state index is 12.6. The van der Waals surface area contributed by atoms with E-state index in [-0.39, 0.29) is 12.1 Å². The first kappa shape index (κ1) is 12.7. The Hall–Kier alpha value is -1.37. The van der Waals surface area contributed by atoms with Crippen LogP contribution >= 0.6 is 0 Å². The van der Waals surface area contributed by atoms with E-state index >= 15 is 0 Å². The first-order valence-corrected chi connectivity index (χ1v) is 6.35. The molecule has 1 aromatic heterocycles. The number of hydrogen-bond donors (Lipinski definition) is 0. The van der Waals surface area contributed by atoms with E-state index in [0.717, 1.165) is 18.5 Å². The van der Waals surface area contributed by atoms with Gasteiger partial charge in [0.15, 0.2) is 0 Å². The van der Waals surface area contributed by atoms with Crippen molar-refractivity contribution in [1.29, 1.82) is 0 Å². The molecule has 104 valence electrons. The van der Waals surface area contributed by atoms with Crippen molar-refractivity contribution in [1.82, 2.24) is 14.9 Å². The number of aromatic nitrogens is 2. The average molecular weight is 272 g/mol. The van der Waals surface area contributed by atoms with Crippen LogP contribution in [-0.4, -0.2) is 52.8 Å². The van der Waals surface area contributed by atoms with Crippen molar-refractivity contribution in [2.75, 3.05) is 24.5 Å². The van der Waals surface area contributed by atoms with E-state index in [4.69, 9.17) is 0 Å². The zero-order valence-corrected chi connectivity index (χ0v) is 10.3. The SMILES string of the molecule is FC(F)(F)CN1C2CCC1CN(c1cncnc1)C2. The number of anilines is 1. The number of halogens is 3. The highest BCUT2D eigenvalue weighted by atomic mass is 19.4. The number of rotatable bonds is 2. The molecule has 0 spiro atoms. The molecule has 4 nitrogen and oxygen atoms in total. The third-order valence-electron chi connectivity index (χ3n) is 3.91. The van der Waals surface area contributed by atoms with Crippen LogP contribution in [0.4, 0.5) is 18.9 Å². The number of hydrogen-bond acceptors (Lipinski definition) is 4. The Bertz CT molecular complexity index is 422. The molecule has 0 aromatic carbocycles. The number of fused-ring (bicyclic) bond motifs is 2. The van der Waals surface area contributed by atoms with Crippen LogP contribution in [0, 0.1) is 0 Å². The molecule has 2 atom stereocenters. The number of alkyl halides is 3. The van der Waals surface area contributed by atoms with Crippen molar-refractivity contribution < 1.29 is 13.2 Å². The van der Waals surface area contributed by atoms with E-state index in [1.165, 1.54) is 6.33 Å². The van der Waals surface area contributed by atoms with Crippen molar-refractivity contribution in [2.24, 2.45) is 0 Å². The fraction of sp³-hybridized carbons (Fsp3) is 0.667. The van der Waals surface area contributed by atoms with E-state index in [9.17, 15) is 13.2 Å². The Morgan fingerprint density at radius 2 is 1.68 bits per heavy atom. The summed E-state index contributed by atoms with van der Waals surface area (Å²) in [4.78, 5) is 11.6. The summed E-state index contributed by atoms with van der Waals surface area (Å²) in [6, 6.07) is -0.0267. The van der Waals surface area contributed by atoms with Crippen molar-refractivity contribution in [3.05, 3.63) is 18.7 Å². The van der Waals surface area contributed by atoms with Gasteiger partial charge in [0.2, 0.25) is 0 Å². The number of piperazine rings is 1. The summed E-state index contributed by atoms with van der Waals surface area (Å²) in [5.41, 5.74) is 0.894. The summed E-state index contributed by atoms with van der Waals surface area (Å²) in [5.74, 6) is 0. The van der Waals surface area contributed by atoms with Gasteiger partial charge in [0.05, 0.1) is 24.6 Å². The van der Waals surface area contributed by atoms with Gasteiger partial charge < -0.3 is 4.90 Å². The van der Waals surface area contributed by atoms with Crippen molar-refractivity contribution >= 4 is 5.69 Å². The smallest absolute Gasteiger partial charge is 0.366 e. The fourth-order valence-electron chi connectivity index (χ4n) is 3.12. The van der Waals surface area contributed by atoms with Crippen LogP contribution in [0.5, 0.6) is 0 Å². The zero-order chi connectivity index (χ0) is 13.5. The van der Waals surface area contributed by atoms with Gasteiger partial charge in [-0.2, -0.15) is 13.2 Å².